The van der Waals surface area contributed by atoms with E-state index in [9.17, 15) is 14.4 Å². The fourth-order valence-electron chi connectivity index (χ4n) is 3.02. The molecule has 1 aromatic carbocycles. The van der Waals surface area contributed by atoms with E-state index in [1.165, 1.54) is 23.1 Å². The number of hydrogen-bond donors (Lipinski definition) is 1. The van der Waals surface area contributed by atoms with Crippen LogP contribution in [0.2, 0.25) is 0 Å². The van der Waals surface area contributed by atoms with Crippen molar-refractivity contribution in [3.05, 3.63) is 40.9 Å². The molecule has 0 bridgehead atoms. The number of thiazole rings is 1. The Kier molecular flexibility index (Phi) is 8.30. The van der Waals surface area contributed by atoms with Crippen molar-refractivity contribution in [1.29, 1.82) is 0 Å². The van der Waals surface area contributed by atoms with Gasteiger partial charge in [-0.05, 0) is 26.0 Å². The second kappa shape index (κ2) is 11.1. The SMILES string of the molecule is CCOC(=O)N1CCN(C(=O)Cc2csc(SCC(=O)Nc3ccc(C)cc3)n2)CC1. The molecule has 10 heteroatoms. The Hall–Kier alpha value is -2.59. The topological polar surface area (TPSA) is 91.8 Å². The van der Waals surface area contributed by atoms with Gasteiger partial charge in [0.1, 0.15) is 0 Å². The number of carbonyl (C=O) groups is 3. The molecule has 0 aliphatic carbocycles. The van der Waals surface area contributed by atoms with E-state index >= 15 is 0 Å². The van der Waals surface area contributed by atoms with Crippen LogP contribution in [0.25, 0.3) is 0 Å². The number of nitrogens with zero attached hydrogens (tertiary/aromatic N) is 3. The first-order valence-electron chi connectivity index (χ1n) is 10.1. The van der Waals surface area contributed by atoms with Gasteiger partial charge in [-0.1, -0.05) is 29.5 Å². The number of piperazine rings is 1. The van der Waals surface area contributed by atoms with Gasteiger partial charge in [0.05, 0.1) is 24.5 Å². The van der Waals surface area contributed by atoms with Crippen molar-refractivity contribution >= 4 is 46.7 Å². The summed E-state index contributed by atoms with van der Waals surface area (Å²) in [4.78, 5) is 44.3. The maximum Gasteiger partial charge on any atom is 0.409 e. The van der Waals surface area contributed by atoms with Gasteiger partial charge in [0.25, 0.3) is 0 Å². The number of rotatable bonds is 7. The van der Waals surface area contributed by atoms with Crippen molar-refractivity contribution < 1.29 is 19.1 Å². The zero-order valence-corrected chi connectivity index (χ0v) is 19.3. The first-order chi connectivity index (χ1) is 14.9. The van der Waals surface area contributed by atoms with E-state index in [-0.39, 0.29) is 30.1 Å². The van der Waals surface area contributed by atoms with Crippen LogP contribution in [0.15, 0.2) is 34.0 Å². The van der Waals surface area contributed by atoms with Crippen LogP contribution in [0.1, 0.15) is 18.2 Å². The number of benzene rings is 1. The number of carbonyl (C=O) groups excluding carboxylic acids is 3. The summed E-state index contributed by atoms with van der Waals surface area (Å²) in [6.45, 7) is 6.03. The summed E-state index contributed by atoms with van der Waals surface area (Å²) in [6, 6.07) is 7.64. The molecular formula is C21H26N4O4S2. The molecule has 3 amide bonds. The monoisotopic (exact) mass is 462 g/mol. The number of ether oxygens (including phenoxy) is 1. The van der Waals surface area contributed by atoms with Gasteiger partial charge in [-0.3, -0.25) is 9.59 Å². The van der Waals surface area contributed by atoms with Crippen LogP contribution in [-0.4, -0.2) is 71.2 Å². The minimum absolute atomic E-state index is 0.0116. The number of thioether (sulfide) groups is 1. The Bertz CT molecular complexity index is 908. The highest BCUT2D eigenvalue weighted by atomic mass is 32.2. The first-order valence-corrected chi connectivity index (χ1v) is 11.9. The highest BCUT2D eigenvalue weighted by Gasteiger charge is 2.25. The molecule has 0 saturated carbocycles. The number of anilines is 1. The highest BCUT2D eigenvalue weighted by Crippen LogP contribution is 2.23. The van der Waals surface area contributed by atoms with E-state index in [4.69, 9.17) is 4.74 Å². The summed E-state index contributed by atoms with van der Waals surface area (Å²) < 4.78 is 5.76. The summed E-state index contributed by atoms with van der Waals surface area (Å²) in [5.74, 6) is 0.147. The van der Waals surface area contributed by atoms with Gasteiger partial charge >= 0.3 is 6.09 Å². The van der Waals surface area contributed by atoms with Gasteiger partial charge in [-0.25, -0.2) is 9.78 Å². The lowest BCUT2D eigenvalue weighted by atomic mass is 10.2. The quantitative estimate of drug-likeness (QED) is 0.636. The molecule has 0 radical (unpaired) electrons. The maximum absolute atomic E-state index is 12.6. The van der Waals surface area contributed by atoms with Crippen molar-refractivity contribution in [3.8, 4) is 0 Å². The summed E-state index contributed by atoms with van der Waals surface area (Å²) in [5.41, 5.74) is 2.60. The Morgan fingerprint density at radius 2 is 1.81 bits per heavy atom. The van der Waals surface area contributed by atoms with Crippen LogP contribution in [0, 0.1) is 6.92 Å². The van der Waals surface area contributed by atoms with Gasteiger partial charge in [0.2, 0.25) is 11.8 Å². The minimum atomic E-state index is -0.331. The van der Waals surface area contributed by atoms with Crippen LogP contribution in [0.3, 0.4) is 0 Å². The molecule has 1 aromatic heterocycles. The highest BCUT2D eigenvalue weighted by molar-refractivity contribution is 8.01. The van der Waals surface area contributed by atoms with Crippen LogP contribution in [0.5, 0.6) is 0 Å². The van der Waals surface area contributed by atoms with Crippen molar-refractivity contribution in [2.24, 2.45) is 0 Å². The summed E-state index contributed by atoms with van der Waals surface area (Å²) in [5, 5.41) is 4.71. The second-order valence-electron chi connectivity index (χ2n) is 7.05. The third-order valence-corrected chi connectivity index (χ3v) is 6.75. The molecule has 1 fully saturated rings. The molecular weight excluding hydrogens is 436 g/mol. The zero-order chi connectivity index (χ0) is 22.2. The molecule has 2 aromatic rings. The average molecular weight is 463 g/mol. The third-order valence-electron chi connectivity index (χ3n) is 4.68. The van der Waals surface area contributed by atoms with Gasteiger partial charge in [0, 0.05) is 37.2 Å². The Balaban J connectivity index is 1.41. The molecule has 1 aliphatic rings. The lowest BCUT2D eigenvalue weighted by Gasteiger charge is -2.34. The van der Waals surface area contributed by atoms with E-state index < -0.39 is 0 Å². The average Bonchev–Trinajstić information content (AvgIpc) is 3.21. The van der Waals surface area contributed by atoms with E-state index in [0.29, 0.717) is 38.5 Å². The van der Waals surface area contributed by atoms with Gasteiger partial charge < -0.3 is 19.9 Å². The Labute approximate surface area is 190 Å². The van der Waals surface area contributed by atoms with E-state index in [2.05, 4.69) is 10.3 Å². The van der Waals surface area contributed by atoms with Crippen molar-refractivity contribution in [1.82, 2.24) is 14.8 Å². The number of hydrogen-bond acceptors (Lipinski definition) is 7. The standard InChI is InChI=1S/C21H26N4O4S2/c1-3-29-21(28)25-10-8-24(9-11-25)19(27)12-17-13-30-20(23-17)31-14-18(26)22-16-6-4-15(2)5-7-16/h4-7,13H,3,8-12,14H2,1-2H3,(H,22,26). The van der Waals surface area contributed by atoms with Crippen molar-refractivity contribution in [3.63, 3.8) is 0 Å². The number of nitrogens with one attached hydrogen (secondary N) is 1. The molecule has 0 atom stereocenters. The van der Waals surface area contributed by atoms with Crippen LogP contribution in [0.4, 0.5) is 10.5 Å². The molecule has 166 valence electrons. The summed E-state index contributed by atoms with van der Waals surface area (Å²) >= 11 is 2.78. The predicted molar refractivity (Wildman–Crippen MR) is 122 cm³/mol. The fraction of sp³-hybridized carbons (Fsp3) is 0.429. The van der Waals surface area contributed by atoms with Crippen LogP contribution in [-0.2, 0) is 20.7 Å². The second-order valence-corrected chi connectivity index (χ2v) is 9.13. The molecule has 0 unspecified atom stereocenters. The maximum atomic E-state index is 12.6. The van der Waals surface area contributed by atoms with Crippen molar-refractivity contribution in [2.75, 3.05) is 43.9 Å². The normalized spacial score (nSPS) is 13.7. The van der Waals surface area contributed by atoms with Crippen LogP contribution < -0.4 is 5.32 Å². The molecule has 0 spiro atoms. The van der Waals surface area contributed by atoms with Crippen molar-refractivity contribution in [2.45, 2.75) is 24.6 Å². The zero-order valence-electron chi connectivity index (χ0n) is 17.6. The first kappa shape index (κ1) is 23.1. The lowest BCUT2D eigenvalue weighted by Crippen LogP contribution is -2.51. The largest absolute Gasteiger partial charge is 0.450 e. The Morgan fingerprint density at radius 3 is 2.48 bits per heavy atom. The predicted octanol–water partition coefficient (Wildman–Crippen LogP) is 3.03. The van der Waals surface area contributed by atoms with Gasteiger partial charge in [0.15, 0.2) is 4.34 Å². The van der Waals surface area contributed by atoms with Crippen LogP contribution >= 0.6 is 23.1 Å². The number of aryl methyl sites for hydroxylation is 1. The molecule has 3 rings (SSSR count). The third kappa shape index (κ3) is 6.96. The number of aromatic nitrogens is 1. The molecule has 1 saturated heterocycles. The van der Waals surface area contributed by atoms with E-state index in [1.807, 2.05) is 36.6 Å². The number of amides is 3. The minimum Gasteiger partial charge on any atom is -0.450 e. The Morgan fingerprint density at radius 1 is 1.13 bits per heavy atom. The molecule has 8 nitrogen and oxygen atoms in total. The fourth-order valence-corrected chi connectivity index (χ4v) is 4.66. The molecule has 2 heterocycles. The molecule has 31 heavy (non-hydrogen) atoms. The summed E-state index contributed by atoms with van der Waals surface area (Å²) in [6.07, 6.45) is -0.117. The summed E-state index contributed by atoms with van der Waals surface area (Å²) in [7, 11) is 0. The molecule has 1 N–H and O–H groups in total. The van der Waals surface area contributed by atoms with E-state index in [1.54, 1.807) is 16.7 Å². The van der Waals surface area contributed by atoms with E-state index in [0.717, 1.165) is 15.6 Å². The smallest absolute Gasteiger partial charge is 0.409 e. The molecule has 1 aliphatic heterocycles. The lowest BCUT2D eigenvalue weighted by molar-refractivity contribution is -0.132. The van der Waals surface area contributed by atoms with Gasteiger partial charge in [-0.2, -0.15) is 0 Å². The van der Waals surface area contributed by atoms with Gasteiger partial charge in [-0.15, -0.1) is 11.3 Å².